The van der Waals surface area contributed by atoms with Crippen LogP contribution in [0.25, 0.3) is 11.1 Å². The lowest BCUT2D eigenvalue weighted by molar-refractivity contribution is -0.118. The second kappa shape index (κ2) is 8.28. The number of halogens is 1. The lowest BCUT2D eigenvalue weighted by atomic mass is 10.0. The molecule has 1 aliphatic heterocycles. The van der Waals surface area contributed by atoms with Crippen LogP contribution in [0.2, 0.25) is 0 Å². The molecule has 0 fully saturated rings. The maximum atomic E-state index is 14.1. The van der Waals surface area contributed by atoms with Crippen molar-refractivity contribution in [3.63, 3.8) is 0 Å². The van der Waals surface area contributed by atoms with E-state index in [-0.39, 0.29) is 17.8 Å². The molecule has 0 aliphatic carbocycles. The monoisotopic (exact) mass is 415 g/mol. The molecule has 0 spiro atoms. The number of thioether (sulfide) groups is 1. The summed E-state index contributed by atoms with van der Waals surface area (Å²) in [5.41, 5.74) is 3.26. The summed E-state index contributed by atoms with van der Waals surface area (Å²) in [6, 6.07) is 6.64. The molecular weight excluding hydrogens is 397 g/mol. The summed E-state index contributed by atoms with van der Waals surface area (Å²) in [5.74, 6) is 0.598. The number of carbonyl (C=O) groups is 1. The first-order valence-corrected chi connectivity index (χ1v) is 10.7. The average Bonchev–Trinajstić information content (AvgIpc) is 3.30. The van der Waals surface area contributed by atoms with Crippen molar-refractivity contribution in [1.82, 2.24) is 15.3 Å². The fourth-order valence-electron chi connectivity index (χ4n) is 3.05. The Morgan fingerprint density at radius 3 is 3.11 bits per heavy atom. The van der Waals surface area contributed by atoms with Crippen molar-refractivity contribution in [2.75, 3.05) is 12.3 Å². The molecule has 5 nitrogen and oxygen atoms in total. The summed E-state index contributed by atoms with van der Waals surface area (Å²) >= 11 is 2.95. The minimum absolute atomic E-state index is 0.0731. The van der Waals surface area contributed by atoms with Crippen molar-refractivity contribution in [3.8, 4) is 16.9 Å². The van der Waals surface area contributed by atoms with Crippen LogP contribution in [-0.2, 0) is 11.2 Å². The highest BCUT2D eigenvalue weighted by atomic mass is 32.2. The van der Waals surface area contributed by atoms with Gasteiger partial charge in [0.25, 0.3) is 0 Å². The van der Waals surface area contributed by atoms with Crippen molar-refractivity contribution in [1.29, 1.82) is 0 Å². The first-order valence-electron chi connectivity index (χ1n) is 8.79. The number of nitrogens with zero attached hydrogens (tertiary/aromatic N) is 2. The normalized spacial score (nSPS) is 15.1. The molecule has 0 saturated heterocycles. The zero-order valence-corrected chi connectivity index (χ0v) is 16.8. The summed E-state index contributed by atoms with van der Waals surface area (Å²) in [6.45, 7) is 2.30. The van der Waals surface area contributed by atoms with E-state index >= 15 is 0 Å². The van der Waals surface area contributed by atoms with Crippen molar-refractivity contribution in [2.24, 2.45) is 0 Å². The van der Waals surface area contributed by atoms with E-state index in [2.05, 4.69) is 15.3 Å². The van der Waals surface area contributed by atoms with Crippen LogP contribution in [-0.4, -0.2) is 34.3 Å². The number of fused-ring (bicyclic) bond motifs is 1. The Balaban J connectivity index is 1.36. The van der Waals surface area contributed by atoms with Gasteiger partial charge in [-0.2, -0.15) is 0 Å². The van der Waals surface area contributed by atoms with Gasteiger partial charge in [0.2, 0.25) is 5.91 Å². The van der Waals surface area contributed by atoms with E-state index in [1.807, 2.05) is 18.4 Å². The number of amides is 1. The SMILES string of the molecule is Cc1csc(SCC(=O)NC[C@H]2Cc3cc(F)cc(-c4cccnc4)c3O2)n1. The molecule has 0 radical (unpaired) electrons. The van der Waals surface area contributed by atoms with E-state index in [9.17, 15) is 9.18 Å². The number of rotatable bonds is 6. The van der Waals surface area contributed by atoms with Crippen molar-refractivity contribution in [2.45, 2.75) is 23.8 Å². The first-order chi connectivity index (χ1) is 13.6. The molecule has 0 saturated carbocycles. The second-order valence-corrected chi connectivity index (χ2v) is 8.56. The Kier molecular flexibility index (Phi) is 5.59. The van der Waals surface area contributed by atoms with Gasteiger partial charge in [-0.15, -0.1) is 11.3 Å². The summed E-state index contributed by atoms with van der Waals surface area (Å²) < 4.78 is 21.0. The minimum atomic E-state index is -0.305. The first kappa shape index (κ1) is 18.9. The second-order valence-electron chi connectivity index (χ2n) is 6.47. The van der Waals surface area contributed by atoms with Crippen LogP contribution in [0.4, 0.5) is 4.39 Å². The highest BCUT2D eigenvalue weighted by Gasteiger charge is 2.27. The highest BCUT2D eigenvalue weighted by Crippen LogP contribution is 2.39. The molecule has 3 aromatic rings. The third-order valence-corrected chi connectivity index (χ3v) is 6.43. The number of benzene rings is 1. The Bertz CT molecular complexity index is 994. The number of aryl methyl sites for hydroxylation is 1. The third-order valence-electron chi connectivity index (χ3n) is 4.29. The minimum Gasteiger partial charge on any atom is -0.487 e. The number of thiazole rings is 1. The van der Waals surface area contributed by atoms with Gasteiger partial charge in [0, 0.05) is 46.6 Å². The fourth-order valence-corrected chi connectivity index (χ4v) is 4.73. The number of carbonyl (C=O) groups excluding carboxylic acids is 1. The summed E-state index contributed by atoms with van der Waals surface area (Å²) in [6.07, 6.45) is 3.70. The number of nitrogens with one attached hydrogen (secondary N) is 1. The van der Waals surface area contributed by atoms with Gasteiger partial charge in [0.05, 0.1) is 12.3 Å². The van der Waals surface area contributed by atoms with Crippen LogP contribution in [0.15, 0.2) is 46.4 Å². The zero-order valence-electron chi connectivity index (χ0n) is 15.1. The Hall–Kier alpha value is -2.45. The molecule has 0 unspecified atom stereocenters. The number of pyridine rings is 1. The quantitative estimate of drug-likeness (QED) is 0.620. The van der Waals surface area contributed by atoms with Crippen LogP contribution >= 0.6 is 23.1 Å². The maximum absolute atomic E-state index is 14.1. The predicted octanol–water partition coefficient (Wildman–Crippen LogP) is 3.86. The van der Waals surface area contributed by atoms with E-state index in [0.717, 1.165) is 21.2 Å². The summed E-state index contributed by atoms with van der Waals surface area (Å²) in [4.78, 5) is 20.5. The molecule has 1 atom stereocenters. The van der Waals surface area contributed by atoms with Crippen LogP contribution in [0.3, 0.4) is 0 Å². The number of hydrogen-bond donors (Lipinski definition) is 1. The van der Waals surface area contributed by atoms with Crippen LogP contribution < -0.4 is 10.1 Å². The zero-order chi connectivity index (χ0) is 19.5. The predicted molar refractivity (Wildman–Crippen MR) is 108 cm³/mol. The van der Waals surface area contributed by atoms with E-state index in [1.165, 1.54) is 35.2 Å². The smallest absolute Gasteiger partial charge is 0.230 e. The van der Waals surface area contributed by atoms with Crippen molar-refractivity contribution in [3.05, 3.63) is 59.1 Å². The van der Waals surface area contributed by atoms with Crippen LogP contribution in [0.1, 0.15) is 11.3 Å². The Morgan fingerprint density at radius 2 is 2.36 bits per heavy atom. The van der Waals surface area contributed by atoms with Gasteiger partial charge < -0.3 is 10.1 Å². The van der Waals surface area contributed by atoms with Gasteiger partial charge in [0.15, 0.2) is 4.34 Å². The fraction of sp³-hybridized carbons (Fsp3) is 0.250. The molecule has 2 aromatic heterocycles. The molecule has 3 heterocycles. The van der Waals surface area contributed by atoms with Crippen molar-refractivity contribution < 1.29 is 13.9 Å². The van der Waals surface area contributed by atoms with Gasteiger partial charge in [0.1, 0.15) is 17.7 Å². The van der Waals surface area contributed by atoms with Gasteiger partial charge in [-0.3, -0.25) is 9.78 Å². The van der Waals surface area contributed by atoms with Crippen LogP contribution in [0.5, 0.6) is 5.75 Å². The van der Waals surface area contributed by atoms with Gasteiger partial charge in [-0.1, -0.05) is 17.8 Å². The van der Waals surface area contributed by atoms with Crippen LogP contribution in [0, 0.1) is 12.7 Å². The summed E-state index contributed by atoms with van der Waals surface area (Å²) in [5, 5.41) is 4.86. The molecular formula is C20H18FN3O2S2. The largest absolute Gasteiger partial charge is 0.487 e. The lowest BCUT2D eigenvalue weighted by Crippen LogP contribution is -2.35. The highest BCUT2D eigenvalue weighted by molar-refractivity contribution is 8.01. The average molecular weight is 416 g/mol. The molecule has 0 bridgehead atoms. The van der Waals surface area contributed by atoms with E-state index in [0.29, 0.717) is 30.0 Å². The Labute approximate surface area is 170 Å². The molecule has 1 aliphatic rings. The molecule has 8 heteroatoms. The lowest BCUT2D eigenvalue weighted by Gasteiger charge is -2.13. The molecule has 1 amide bonds. The third kappa shape index (κ3) is 4.34. The maximum Gasteiger partial charge on any atom is 0.230 e. The number of hydrogen-bond acceptors (Lipinski definition) is 6. The number of aromatic nitrogens is 2. The molecule has 1 N–H and O–H groups in total. The van der Waals surface area contributed by atoms with Gasteiger partial charge >= 0.3 is 0 Å². The summed E-state index contributed by atoms with van der Waals surface area (Å²) in [7, 11) is 0. The molecule has 144 valence electrons. The van der Waals surface area contributed by atoms with Gasteiger partial charge in [-0.05, 0) is 25.1 Å². The van der Waals surface area contributed by atoms with Crippen molar-refractivity contribution >= 4 is 29.0 Å². The topological polar surface area (TPSA) is 64.1 Å². The van der Waals surface area contributed by atoms with Gasteiger partial charge in [-0.25, -0.2) is 9.37 Å². The van der Waals surface area contributed by atoms with E-state index < -0.39 is 0 Å². The molecule has 4 rings (SSSR count). The number of ether oxygens (including phenoxy) is 1. The molecule has 1 aromatic carbocycles. The standard InChI is InChI=1S/C20H18FN3O2S2/c1-12-10-27-20(24-12)28-11-18(25)23-9-16-6-14-5-15(21)7-17(19(14)26-16)13-3-2-4-22-8-13/h2-5,7-8,10,16H,6,9,11H2,1H3,(H,23,25)/t16-/m1/s1. The van der Waals surface area contributed by atoms with E-state index in [4.69, 9.17) is 4.74 Å². The van der Waals surface area contributed by atoms with E-state index in [1.54, 1.807) is 18.5 Å². The molecule has 28 heavy (non-hydrogen) atoms. The Morgan fingerprint density at radius 1 is 1.46 bits per heavy atom.